The third kappa shape index (κ3) is 3.25. The quantitative estimate of drug-likeness (QED) is 0.489. The number of hydrogen-bond acceptors (Lipinski definition) is 4. The number of phenolic OH excluding ortho intramolecular Hbond substituents is 1. The average molecular weight is 379 g/mol. The van der Waals surface area contributed by atoms with Crippen LogP contribution in [0.4, 0.5) is 0 Å². The van der Waals surface area contributed by atoms with Crippen molar-refractivity contribution in [2.75, 3.05) is 7.11 Å². The minimum Gasteiger partial charge on any atom is -0.507 e. The number of nitrogens with zero attached hydrogens (tertiary/aromatic N) is 1. The lowest BCUT2D eigenvalue weighted by molar-refractivity contribution is 0.0601. The van der Waals surface area contributed by atoms with Gasteiger partial charge in [0.2, 0.25) is 0 Å². The number of aromatic nitrogens is 2. The van der Waals surface area contributed by atoms with Crippen LogP contribution in [0.25, 0.3) is 33.5 Å². The molecule has 0 bridgehead atoms. The largest absolute Gasteiger partial charge is 0.507 e. The van der Waals surface area contributed by atoms with E-state index in [1.165, 1.54) is 7.11 Å². The molecule has 0 unspecified atom stereocenters. The molecule has 4 aromatic rings. The van der Waals surface area contributed by atoms with Crippen molar-refractivity contribution in [3.63, 3.8) is 0 Å². The van der Waals surface area contributed by atoms with Gasteiger partial charge < -0.3 is 14.8 Å². The number of rotatable bonds is 3. The first-order chi connectivity index (χ1) is 13.0. The van der Waals surface area contributed by atoms with Gasteiger partial charge in [0, 0.05) is 5.02 Å². The summed E-state index contributed by atoms with van der Waals surface area (Å²) in [5.41, 5.74) is 4.19. The monoisotopic (exact) mass is 378 g/mol. The van der Waals surface area contributed by atoms with E-state index in [1.807, 2.05) is 36.4 Å². The molecule has 0 saturated heterocycles. The lowest BCUT2D eigenvalue weighted by Crippen LogP contribution is -2.00. The Kier molecular flexibility index (Phi) is 4.30. The van der Waals surface area contributed by atoms with Crippen LogP contribution in [-0.4, -0.2) is 28.2 Å². The van der Waals surface area contributed by atoms with Crippen molar-refractivity contribution in [1.29, 1.82) is 0 Å². The van der Waals surface area contributed by atoms with Gasteiger partial charge >= 0.3 is 5.97 Å². The van der Waals surface area contributed by atoms with Gasteiger partial charge in [-0.2, -0.15) is 0 Å². The van der Waals surface area contributed by atoms with Gasteiger partial charge in [0.05, 0.1) is 29.3 Å². The molecule has 4 rings (SSSR count). The van der Waals surface area contributed by atoms with Crippen molar-refractivity contribution >= 4 is 28.6 Å². The van der Waals surface area contributed by atoms with Crippen molar-refractivity contribution in [2.24, 2.45) is 0 Å². The number of halogens is 1. The highest BCUT2D eigenvalue weighted by Gasteiger charge is 2.13. The van der Waals surface area contributed by atoms with Gasteiger partial charge in [-0.15, -0.1) is 0 Å². The van der Waals surface area contributed by atoms with Gasteiger partial charge in [-0.3, -0.25) is 0 Å². The van der Waals surface area contributed by atoms with Crippen LogP contribution in [0, 0.1) is 0 Å². The smallest absolute Gasteiger partial charge is 0.337 e. The molecule has 5 nitrogen and oxygen atoms in total. The highest BCUT2D eigenvalue weighted by atomic mass is 35.5. The molecular weight excluding hydrogens is 364 g/mol. The number of benzene rings is 3. The molecule has 0 saturated carbocycles. The Labute approximate surface area is 160 Å². The first kappa shape index (κ1) is 17.1. The van der Waals surface area contributed by atoms with E-state index in [-0.39, 0.29) is 5.75 Å². The van der Waals surface area contributed by atoms with E-state index in [9.17, 15) is 9.90 Å². The molecule has 0 fully saturated rings. The zero-order chi connectivity index (χ0) is 19.0. The number of aromatic amines is 1. The van der Waals surface area contributed by atoms with Crippen molar-refractivity contribution in [3.8, 4) is 28.3 Å². The third-order valence-electron chi connectivity index (χ3n) is 4.31. The number of carbonyl (C=O) groups excluding carboxylic acids is 1. The van der Waals surface area contributed by atoms with Gasteiger partial charge in [-0.1, -0.05) is 29.8 Å². The number of phenols is 1. The predicted molar refractivity (Wildman–Crippen MR) is 105 cm³/mol. The zero-order valence-electron chi connectivity index (χ0n) is 14.4. The molecule has 27 heavy (non-hydrogen) atoms. The zero-order valence-corrected chi connectivity index (χ0v) is 15.1. The fourth-order valence-electron chi connectivity index (χ4n) is 2.96. The van der Waals surface area contributed by atoms with E-state index in [0.717, 1.165) is 11.1 Å². The van der Waals surface area contributed by atoms with Crippen molar-refractivity contribution in [3.05, 3.63) is 71.2 Å². The highest BCUT2D eigenvalue weighted by Crippen LogP contribution is 2.34. The predicted octanol–water partition coefficient (Wildman–Crippen LogP) is 5.04. The van der Waals surface area contributed by atoms with Gasteiger partial charge in [0.25, 0.3) is 0 Å². The minimum atomic E-state index is -0.418. The number of esters is 1. The number of imidazole rings is 1. The summed E-state index contributed by atoms with van der Waals surface area (Å²) < 4.78 is 4.75. The SMILES string of the molecule is COC(=O)c1ccc2nc(-c3cc(-c4cccc(Cl)c4)ccc3O)[nH]c2c1. The summed E-state index contributed by atoms with van der Waals surface area (Å²) in [4.78, 5) is 19.4. The Morgan fingerprint density at radius 3 is 2.67 bits per heavy atom. The molecule has 0 aliphatic heterocycles. The van der Waals surface area contributed by atoms with E-state index >= 15 is 0 Å². The summed E-state index contributed by atoms with van der Waals surface area (Å²) >= 11 is 6.08. The molecular formula is C21H15ClN2O3. The molecule has 0 spiro atoms. The van der Waals surface area contributed by atoms with Gasteiger partial charge in [0.1, 0.15) is 11.6 Å². The van der Waals surface area contributed by atoms with E-state index < -0.39 is 5.97 Å². The first-order valence-corrected chi connectivity index (χ1v) is 8.60. The molecule has 1 heterocycles. The van der Waals surface area contributed by atoms with Crippen LogP contribution in [0.5, 0.6) is 5.75 Å². The second-order valence-corrected chi connectivity index (χ2v) is 6.49. The average Bonchev–Trinajstić information content (AvgIpc) is 3.10. The molecule has 3 aromatic carbocycles. The molecule has 0 amide bonds. The van der Waals surface area contributed by atoms with Gasteiger partial charge in [0.15, 0.2) is 0 Å². The summed E-state index contributed by atoms with van der Waals surface area (Å²) in [6.45, 7) is 0. The summed E-state index contributed by atoms with van der Waals surface area (Å²) in [6, 6.07) is 17.9. The maximum atomic E-state index is 11.7. The molecule has 0 radical (unpaired) electrons. The number of ether oxygens (including phenoxy) is 1. The molecule has 0 atom stereocenters. The number of fused-ring (bicyclic) bond motifs is 1. The van der Waals surface area contributed by atoms with Crippen LogP contribution in [0.2, 0.25) is 5.02 Å². The van der Waals surface area contributed by atoms with Crippen LogP contribution in [0.3, 0.4) is 0 Å². The maximum absolute atomic E-state index is 11.7. The van der Waals surface area contributed by atoms with Gasteiger partial charge in [-0.05, 0) is 53.6 Å². The van der Waals surface area contributed by atoms with E-state index in [2.05, 4.69) is 9.97 Å². The third-order valence-corrected chi connectivity index (χ3v) is 4.55. The van der Waals surface area contributed by atoms with E-state index in [1.54, 1.807) is 24.3 Å². The Balaban J connectivity index is 1.80. The second-order valence-electron chi connectivity index (χ2n) is 6.05. The Hall–Kier alpha value is -3.31. The maximum Gasteiger partial charge on any atom is 0.337 e. The summed E-state index contributed by atoms with van der Waals surface area (Å²) in [5.74, 6) is 0.195. The lowest BCUT2D eigenvalue weighted by Gasteiger charge is -2.07. The Morgan fingerprint density at radius 2 is 1.89 bits per heavy atom. The number of hydrogen-bond donors (Lipinski definition) is 2. The summed E-state index contributed by atoms with van der Waals surface area (Å²) in [7, 11) is 1.34. The Bertz CT molecular complexity index is 1170. The van der Waals surface area contributed by atoms with E-state index in [0.29, 0.717) is 33.0 Å². The number of nitrogens with one attached hydrogen (secondary N) is 1. The van der Waals surface area contributed by atoms with Crippen LogP contribution < -0.4 is 0 Å². The van der Waals surface area contributed by atoms with Crippen LogP contribution in [-0.2, 0) is 4.74 Å². The topological polar surface area (TPSA) is 75.2 Å². The number of H-pyrrole nitrogens is 1. The first-order valence-electron chi connectivity index (χ1n) is 8.22. The van der Waals surface area contributed by atoms with Crippen LogP contribution in [0.1, 0.15) is 10.4 Å². The highest BCUT2D eigenvalue weighted by molar-refractivity contribution is 6.30. The van der Waals surface area contributed by atoms with Gasteiger partial charge in [-0.25, -0.2) is 9.78 Å². The molecule has 6 heteroatoms. The Morgan fingerprint density at radius 1 is 1.07 bits per heavy atom. The van der Waals surface area contributed by atoms with Crippen LogP contribution >= 0.6 is 11.6 Å². The summed E-state index contributed by atoms with van der Waals surface area (Å²) in [6.07, 6.45) is 0. The van der Waals surface area contributed by atoms with Crippen molar-refractivity contribution in [1.82, 2.24) is 9.97 Å². The number of methoxy groups -OCH3 is 1. The fourth-order valence-corrected chi connectivity index (χ4v) is 3.15. The normalized spacial score (nSPS) is 10.9. The lowest BCUT2D eigenvalue weighted by atomic mass is 10.0. The summed E-state index contributed by atoms with van der Waals surface area (Å²) in [5, 5.41) is 11.0. The van der Waals surface area contributed by atoms with E-state index in [4.69, 9.17) is 16.3 Å². The molecule has 0 aliphatic carbocycles. The molecule has 0 aliphatic rings. The molecule has 134 valence electrons. The fraction of sp³-hybridized carbons (Fsp3) is 0.0476. The standard InChI is InChI=1S/C21H15ClN2O3/c1-27-21(26)14-5-7-17-18(11-14)24-20(23-17)16-10-13(6-8-19(16)25)12-3-2-4-15(22)9-12/h2-11,25H,1H3,(H,23,24). The second kappa shape index (κ2) is 6.78. The van der Waals surface area contributed by atoms with Crippen LogP contribution in [0.15, 0.2) is 60.7 Å². The molecule has 1 aromatic heterocycles. The number of carbonyl (C=O) groups is 1. The van der Waals surface area contributed by atoms with Crippen molar-refractivity contribution < 1.29 is 14.6 Å². The van der Waals surface area contributed by atoms with Crippen molar-refractivity contribution in [2.45, 2.75) is 0 Å². The number of aromatic hydroxyl groups is 1. The minimum absolute atomic E-state index is 0.105. The molecule has 2 N–H and O–H groups in total.